The summed E-state index contributed by atoms with van der Waals surface area (Å²) in [4.78, 5) is 11.0. The van der Waals surface area contributed by atoms with Crippen molar-refractivity contribution in [1.82, 2.24) is 5.32 Å². The van der Waals surface area contributed by atoms with Gasteiger partial charge in [0.1, 0.15) is 6.10 Å². The van der Waals surface area contributed by atoms with Gasteiger partial charge in [0.2, 0.25) is 5.91 Å². The highest BCUT2D eigenvalue weighted by Crippen LogP contribution is 1.87. The standard InChI is InChI=1S/C7H15NO4/c1-5(12-2)7(11)8-3-6(10)4-9/h5-6,9-10H,3-4H2,1-2H3,(H,8,11). The molecule has 0 saturated heterocycles. The first-order valence-corrected chi connectivity index (χ1v) is 3.71. The lowest BCUT2D eigenvalue weighted by molar-refractivity contribution is -0.130. The molecule has 0 radical (unpaired) electrons. The number of carbonyl (C=O) groups excluding carboxylic acids is 1. The van der Waals surface area contributed by atoms with Gasteiger partial charge in [-0.15, -0.1) is 0 Å². The summed E-state index contributed by atoms with van der Waals surface area (Å²) in [7, 11) is 1.42. The predicted molar refractivity (Wildman–Crippen MR) is 42.6 cm³/mol. The smallest absolute Gasteiger partial charge is 0.248 e. The molecule has 2 atom stereocenters. The van der Waals surface area contributed by atoms with E-state index >= 15 is 0 Å². The number of carbonyl (C=O) groups is 1. The topological polar surface area (TPSA) is 78.8 Å². The highest BCUT2D eigenvalue weighted by atomic mass is 16.5. The zero-order valence-electron chi connectivity index (χ0n) is 7.28. The molecular weight excluding hydrogens is 162 g/mol. The Bertz CT molecular complexity index is 139. The monoisotopic (exact) mass is 177 g/mol. The van der Waals surface area contributed by atoms with Crippen molar-refractivity contribution in [3.8, 4) is 0 Å². The van der Waals surface area contributed by atoms with Gasteiger partial charge in [0.15, 0.2) is 0 Å². The summed E-state index contributed by atoms with van der Waals surface area (Å²) >= 11 is 0. The molecule has 12 heavy (non-hydrogen) atoms. The van der Waals surface area contributed by atoms with Gasteiger partial charge in [0.05, 0.1) is 12.7 Å². The van der Waals surface area contributed by atoms with E-state index in [0.717, 1.165) is 0 Å². The highest BCUT2D eigenvalue weighted by molar-refractivity contribution is 5.80. The van der Waals surface area contributed by atoms with E-state index in [1.807, 2.05) is 0 Å². The van der Waals surface area contributed by atoms with Crippen LogP contribution in [-0.2, 0) is 9.53 Å². The van der Waals surface area contributed by atoms with E-state index in [0.29, 0.717) is 0 Å². The van der Waals surface area contributed by atoms with Crippen LogP contribution in [0.4, 0.5) is 0 Å². The molecule has 3 N–H and O–H groups in total. The summed E-state index contributed by atoms with van der Waals surface area (Å²) in [5.74, 6) is -0.301. The fraction of sp³-hybridized carbons (Fsp3) is 0.857. The maximum absolute atomic E-state index is 11.0. The van der Waals surface area contributed by atoms with E-state index in [1.165, 1.54) is 7.11 Å². The first-order chi connectivity index (χ1) is 5.61. The summed E-state index contributed by atoms with van der Waals surface area (Å²) in [5.41, 5.74) is 0. The average molecular weight is 177 g/mol. The Hall–Kier alpha value is -0.650. The Morgan fingerprint density at radius 2 is 2.25 bits per heavy atom. The van der Waals surface area contributed by atoms with E-state index < -0.39 is 12.2 Å². The lowest BCUT2D eigenvalue weighted by Crippen LogP contribution is -2.39. The van der Waals surface area contributed by atoms with Crippen LogP contribution in [0.3, 0.4) is 0 Å². The van der Waals surface area contributed by atoms with Gasteiger partial charge in [-0.3, -0.25) is 4.79 Å². The van der Waals surface area contributed by atoms with Crippen LogP contribution in [0.25, 0.3) is 0 Å². The Balaban J connectivity index is 3.56. The lowest BCUT2D eigenvalue weighted by atomic mass is 10.3. The van der Waals surface area contributed by atoms with Crippen molar-refractivity contribution in [1.29, 1.82) is 0 Å². The van der Waals surface area contributed by atoms with Gasteiger partial charge in [0, 0.05) is 13.7 Å². The van der Waals surface area contributed by atoms with Crippen LogP contribution in [0, 0.1) is 0 Å². The molecule has 0 saturated carbocycles. The van der Waals surface area contributed by atoms with Gasteiger partial charge in [-0.2, -0.15) is 0 Å². The van der Waals surface area contributed by atoms with Crippen LogP contribution in [0.5, 0.6) is 0 Å². The van der Waals surface area contributed by atoms with E-state index in [4.69, 9.17) is 14.9 Å². The molecule has 0 aliphatic carbocycles. The number of aliphatic hydroxyl groups is 2. The van der Waals surface area contributed by atoms with Crippen LogP contribution in [-0.4, -0.2) is 48.6 Å². The van der Waals surface area contributed by atoms with Crippen molar-refractivity contribution in [2.75, 3.05) is 20.3 Å². The Morgan fingerprint density at radius 3 is 2.67 bits per heavy atom. The minimum atomic E-state index is -0.905. The Kier molecular flexibility index (Phi) is 5.61. The van der Waals surface area contributed by atoms with E-state index in [2.05, 4.69) is 5.32 Å². The first-order valence-electron chi connectivity index (χ1n) is 3.71. The molecule has 0 aromatic carbocycles. The van der Waals surface area contributed by atoms with Gasteiger partial charge in [-0.05, 0) is 6.92 Å². The lowest BCUT2D eigenvalue weighted by Gasteiger charge is -2.12. The fourth-order valence-corrected chi connectivity index (χ4v) is 0.534. The predicted octanol–water partition coefficient (Wildman–Crippen LogP) is -1.51. The normalized spacial score (nSPS) is 15.3. The zero-order valence-corrected chi connectivity index (χ0v) is 7.28. The van der Waals surface area contributed by atoms with Crippen molar-refractivity contribution in [3.63, 3.8) is 0 Å². The Labute approximate surface area is 71.3 Å². The molecule has 0 rings (SSSR count). The van der Waals surface area contributed by atoms with Crippen molar-refractivity contribution in [2.24, 2.45) is 0 Å². The maximum Gasteiger partial charge on any atom is 0.248 e. The summed E-state index contributed by atoms with van der Waals surface area (Å²) in [6.07, 6.45) is -1.44. The van der Waals surface area contributed by atoms with Crippen LogP contribution in [0.2, 0.25) is 0 Å². The van der Waals surface area contributed by atoms with Gasteiger partial charge < -0.3 is 20.3 Å². The molecule has 0 aromatic heterocycles. The highest BCUT2D eigenvalue weighted by Gasteiger charge is 2.11. The van der Waals surface area contributed by atoms with Crippen LogP contribution >= 0.6 is 0 Å². The molecule has 0 aliphatic heterocycles. The molecule has 0 aliphatic rings. The van der Waals surface area contributed by atoms with Gasteiger partial charge >= 0.3 is 0 Å². The molecule has 0 fully saturated rings. The number of ether oxygens (including phenoxy) is 1. The molecule has 5 nitrogen and oxygen atoms in total. The summed E-state index contributed by atoms with van der Waals surface area (Å²) in [6, 6.07) is 0. The number of rotatable bonds is 5. The molecule has 5 heteroatoms. The second-order valence-electron chi connectivity index (χ2n) is 2.46. The molecule has 0 bridgehead atoms. The maximum atomic E-state index is 11.0. The molecule has 0 spiro atoms. The van der Waals surface area contributed by atoms with Crippen LogP contribution in [0.15, 0.2) is 0 Å². The minimum Gasteiger partial charge on any atom is -0.394 e. The Morgan fingerprint density at radius 1 is 1.67 bits per heavy atom. The number of hydrogen-bond donors (Lipinski definition) is 3. The van der Waals surface area contributed by atoms with Crippen LogP contribution < -0.4 is 5.32 Å². The van der Waals surface area contributed by atoms with E-state index in [9.17, 15) is 4.79 Å². The van der Waals surface area contributed by atoms with Crippen molar-refractivity contribution in [3.05, 3.63) is 0 Å². The van der Waals surface area contributed by atoms with Gasteiger partial charge in [-0.1, -0.05) is 0 Å². The summed E-state index contributed by atoms with van der Waals surface area (Å²) in [5, 5.41) is 19.7. The van der Waals surface area contributed by atoms with Crippen molar-refractivity contribution in [2.45, 2.75) is 19.1 Å². The third-order valence-corrected chi connectivity index (χ3v) is 1.45. The second kappa shape index (κ2) is 5.93. The number of nitrogens with one attached hydrogen (secondary N) is 1. The molecule has 72 valence electrons. The fourth-order valence-electron chi connectivity index (χ4n) is 0.534. The average Bonchev–Trinajstić information content (AvgIpc) is 2.11. The number of methoxy groups -OCH3 is 1. The quantitative estimate of drug-likeness (QED) is 0.477. The molecule has 0 heterocycles. The third-order valence-electron chi connectivity index (χ3n) is 1.45. The van der Waals surface area contributed by atoms with Gasteiger partial charge in [-0.25, -0.2) is 0 Å². The van der Waals surface area contributed by atoms with E-state index in [-0.39, 0.29) is 19.1 Å². The number of amides is 1. The SMILES string of the molecule is COC(C)C(=O)NCC(O)CO. The van der Waals surface area contributed by atoms with Crippen LogP contribution in [0.1, 0.15) is 6.92 Å². The zero-order chi connectivity index (χ0) is 9.56. The van der Waals surface area contributed by atoms with E-state index in [1.54, 1.807) is 6.92 Å². The summed E-state index contributed by atoms with van der Waals surface area (Å²) in [6.45, 7) is 1.28. The number of hydrogen-bond acceptors (Lipinski definition) is 4. The summed E-state index contributed by atoms with van der Waals surface area (Å²) < 4.78 is 4.72. The van der Waals surface area contributed by atoms with Crippen molar-refractivity contribution >= 4 is 5.91 Å². The molecular formula is C7H15NO4. The minimum absolute atomic E-state index is 0.0447. The molecule has 2 unspecified atom stereocenters. The largest absolute Gasteiger partial charge is 0.394 e. The third kappa shape index (κ3) is 4.27. The number of aliphatic hydroxyl groups excluding tert-OH is 2. The second-order valence-corrected chi connectivity index (χ2v) is 2.46. The molecule has 1 amide bonds. The molecule has 0 aromatic rings. The van der Waals surface area contributed by atoms with Crippen molar-refractivity contribution < 1.29 is 19.7 Å². The van der Waals surface area contributed by atoms with Gasteiger partial charge in [0.25, 0.3) is 0 Å². The first kappa shape index (κ1) is 11.4.